The number of alkyl halides is 1. The van der Waals surface area contributed by atoms with Crippen LogP contribution in [0, 0.1) is 0 Å². The molecule has 0 bridgehead atoms. The summed E-state index contributed by atoms with van der Waals surface area (Å²) in [6.07, 6.45) is 1.46. The molecule has 2 atom stereocenters. The molecule has 2 unspecified atom stereocenters. The van der Waals surface area contributed by atoms with Crippen LogP contribution in [0.2, 0.25) is 0 Å². The predicted molar refractivity (Wildman–Crippen MR) is 55.9 cm³/mol. The van der Waals surface area contributed by atoms with Crippen LogP contribution in [-0.4, -0.2) is 6.54 Å². The quantitative estimate of drug-likeness (QED) is 0.760. The molecule has 1 saturated heterocycles. The van der Waals surface area contributed by atoms with E-state index in [1.54, 1.807) is 6.92 Å². The molecule has 0 amide bonds. The lowest BCUT2D eigenvalue weighted by molar-refractivity contribution is 0.369. The van der Waals surface area contributed by atoms with Gasteiger partial charge in [-0.3, -0.25) is 0 Å². The smallest absolute Gasteiger partial charge is 0.123 e. The third-order valence-corrected chi connectivity index (χ3v) is 2.86. The maximum atomic E-state index is 13.3. The van der Waals surface area contributed by atoms with Crippen molar-refractivity contribution in [3.05, 3.63) is 35.4 Å². The van der Waals surface area contributed by atoms with E-state index in [0.29, 0.717) is 6.04 Å². The molecule has 0 saturated carbocycles. The maximum Gasteiger partial charge on any atom is 0.123 e. The van der Waals surface area contributed by atoms with Crippen LogP contribution in [0.25, 0.3) is 0 Å². The zero-order valence-corrected chi connectivity index (χ0v) is 8.46. The van der Waals surface area contributed by atoms with E-state index in [9.17, 15) is 4.39 Å². The Balaban J connectivity index is 2.30. The molecule has 1 aliphatic rings. The van der Waals surface area contributed by atoms with Crippen LogP contribution in [0.5, 0.6) is 0 Å². The molecule has 0 radical (unpaired) electrons. The molecular weight excluding hydrogens is 177 g/mol. The lowest BCUT2D eigenvalue weighted by atomic mass is 9.97. The highest BCUT2D eigenvalue weighted by Gasteiger charge is 2.20. The van der Waals surface area contributed by atoms with Crippen LogP contribution in [0.1, 0.15) is 43.1 Å². The summed E-state index contributed by atoms with van der Waals surface area (Å²) in [5.41, 5.74) is 1.98. The second-order valence-corrected chi connectivity index (χ2v) is 3.89. The lowest BCUT2D eigenvalue weighted by Crippen LogP contribution is -2.14. The highest BCUT2D eigenvalue weighted by atomic mass is 19.1. The van der Waals surface area contributed by atoms with Gasteiger partial charge in [0.15, 0.2) is 0 Å². The molecule has 0 aliphatic carbocycles. The molecular formula is C12H16FN. The van der Waals surface area contributed by atoms with Crippen molar-refractivity contribution in [3.8, 4) is 0 Å². The number of halogens is 1. The van der Waals surface area contributed by atoms with E-state index in [2.05, 4.69) is 5.32 Å². The van der Waals surface area contributed by atoms with Crippen molar-refractivity contribution < 1.29 is 4.39 Å². The van der Waals surface area contributed by atoms with E-state index in [1.165, 1.54) is 6.42 Å². The van der Waals surface area contributed by atoms with Gasteiger partial charge in [-0.2, -0.15) is 0 Å². The molecule has 1 aliphatic heterocycles. The minimum atomic E-state index is -0.867. The van der Waals surface area contributed by atoms with Gasteiger partial charge in [-0.25, -0.2) is 4.39 Å². The Bertz CT molecular complexity index is 303. The average molecular weight is 193 g/mol. The van der Waals surface area contributed by atoms with Gasteiger partial charge in [0.05, 0.1) is 0 Å². The fourth-order valence-electron chi connectivity index (χ4n) is 2.14. The first kappa shape index (κ1) is 9.66. The molecule has 0 spiro atoms. The third-order valence-electron chi connectivity index (χ3n) is 2.86. The molecule has 1 fully saturated rings. The number of benzene rings is 1. The highest BCUT2D eigenvalue weighted by molar-refractivity contribution is 5.32. The van der Waals surface area contributed by atoms with Gasteiger partial charge in [-0.15, -0.1) is 0 Å². The van der Waals surface area contributed by atoms with Crippen LogP contribution >= 0.6 is 0 Å². The van der Waals surface area contributed by atoms with Gasteiger partial charge in [0.1, 0.15) is 6.17 Å². The summed E-state index contributed by atoms with van der Waals surface area (Å²) in [5.74, 6) is 0. The highest BCUT2D eigenvalue weighted by Crippen LogP contribution is 2.30. The van der Waals surface area contributed by atoms with Crippen molar-refractivity contribution in [3.63, 3.8) is 0 Å². The number of rotatable bonds is 2. The summed E-state index contributed by atoms with van der Waals surface area (Å²) in [7, 11) is 0. The minimum Gasteiger partial charge on any atom is -0.310 e. The van der Waals surface area contributed by atoms with Crippen molar-refractivity contribution >= 4 is 0 Å². The summed E-state index contributed by atoms with van der Waals surface area (Å²) in [4.78, 5) is 0. The van der Waals surface area contributed by atoms with Crippen molar-refractivity contribution in [2.75, 3.05) is 6.54 Å². The minimum absolute atomic E-state index is 0.365. The van der Waals surface area contributed by atoms with Gasteiger partial charge in [0, 0.05) is 6.04 Å². The second-order valence-electron chi connectivity index (χ2n) is 3.89. The summed E-state index contributed by atoms with van der Waals surface area (Å²) in [6, 6.07) is 8.18. The normalized spacial score (nSPS) is 23.7. The largest absolute Gasteiger partial charge is 0.310 e. The average Bonchev–Trinajstić information content (AvgIpc) is 2.70. The van der Waals surface area contributed by atoms with Crippen molar-refractivity contribution in [2.45, 2.75) is 32.0 Å². The van der Waals surface area contributed by atoms with Crippen molar-refractivity contribution in [2.24, 2.45) is 0 Å². The Labute approximate surface area is 84.3 Å². The van der Waals surface area contributed by atoms with Crippen LogP contribution in [0.15, 0.2) is 24.3 Å². The first-order valence-electron chi connectivity index (χ1n) is 5.25. The number of hydrogen-bond donors (Lipinski definition) is 1. The van der Waals surface area contributed by atoms with E-state index < -0.39 is 6.17 Å². The molecule has 0 aromatic heterocycles. The molecule has 1 aromatic carbocycles. The van der Waals surface area contributed by atoms with E-state index >= 15 is 0 Å². The number of nitrogens with one attached hydrogen (secondary N) is 1. The van der Waals surface area contributed by atoms with Crippen LogP contribution < -0.4 is 5.32 Å². The summed E-state index contributed by atoms with van der Waals surface area (Å²) >= 11 is 0. The van der Waals surface area contributed by atoms with E-state index in [1.807, 2.05) is 24.3 Å². The molecule has 1 heterocycles. The van der Waals surface area contributed by atoms with E-state index in [-0.39, 0.29) is 0 Å². The molecule has 1 N–H and O–H groups in total. The van der Waals surface area contributed by atoms with Gasteiger partial charge in [-0.1, -0.05) is 24.3 Å². The standard InChI is InChI=1S/C12H16FN/c1-9(13)10-5-2-3-6-11(10)12-7-4-8-14-12/h2-3,5-6,9,12,14H,4,7-8H2,1H3. The van der Waals surface area contributed by atoms with Gasteiger partial charge in [0.2, 0.25) is 0 Å². The number of hydrogen-bond acceptors (Lipinski definition) is 1. The third kappa shape index (κ3) is 1.80. The zero-order valence-electron chi connectivity index (χ0n) is 8.46. The van der Waals surface area contributed by atoms with Gasteiger partial charge >= 0.3 is 0 Å². The van der Waals surface area contributed by atoms with Gasteiger partial charge in [-0.05, 0) is 37.4 Å². The fraction of sp³-hybridized carbons (Fsp3) is 0.500. The fourth-order valence-corrected chi connectivity index (χ4v) is 2.14. The topological polar surface area (TPSA) is 12.0 Å². The van der Waals surface area contributed by atoms with E-state index in [0.717, 1.165) is 24.1 Å². The summed E-state index contributed by atoms with van der Waals surface area (Å²) < 4.78 is 13.3. The maximum absolute atomic E-state index is 13.3. The molecule has 14 heavy (non-hydrogen) atoms. The molecule has 2 heteroatoms. The Morgan fingerprint density at radius 3 is 2.86 bits per heavy atom. The van der Waals surface area contributed by atoms with Crippen LogP contribution in [0.3, 0.4) is 0 Å². The Morgan fingerprint density at radius 2 is 2.21 bits per heavy atom. The zero-order chi connectivity index (χ0) is 9.97. The molecule has 1 aromatic rings. The SMILES string of the molecule is CC(F)c1ccccc1C1CCCN1. The van der Waals surface area contributed by atoms with Gasteiger partial charge in [0.25, 0.3) is 0 Å². The van der Waals surface area contributed by atoms with Gasteiger partial charge < -0.3 is 5.32 Å². The first-order valence-corrected chi connectivity index (χ1v) is 5.25. The molecule has 76 valence electrons. The predicted octanol–water partition coefficient (Wildman–Crippen LogP) is 3.14. The first-order chi connectivity index (χ1) is 6.79. The van der Waals surface area contributed by atoms with E-state index in [4.69, 9.17) is 0 Å². The van der Waals surface area contributed by atoms with Crippen molar-refractivity contribution in [1.29, 1.82) is 0 Å². The molecule has 2 rings (SSSR count). The summed E-state index contributed by atoms with van der Waals surface area (Å²) in [6.45, 7) is 2.66. The second kappa shape index (κ2) is 4.09. The Hall–Kier alpha value is -0.890. The summed E-state index contributed by atoms with van der Waals surface area (Å²) in [5, 5.41) is 3.40. The van der Waals surface area contributed by atoms with Crippen LogP contribution in [0.4, 0.5) is 4.39 Å². The monoisotopic (exact) mass is 193 g/mol. The van der Waals surface area contributed by atoms with Crippen molar-refractivity contribution in [1.82, 2.24) is 5.32 Å². The Kier molecular flexibility index (Phi) is 2.82. The lowest BCUT2D eigenvalue weighted by Gasteiger charge is -2.16. The Morgan fingerprint density at radius 1 is 1.43 bits per heavy atom. The molecule has 1 nitrogen and oxygen atoms in total. The van der Waals surface area contributed by atoms with Crippen LogP contribution in [-0.2, 0) is 0 Å².